The molecule has 4 fully saturated rings. The fourth-order valence-corrected chi connectivity index (χ4v) is 6.10. The molecule has 0 amide bonds. The highest BCUT2D eigenvalue weighted by molar-refractivity contribution is 5.12. The second kappa shape index (κ2) is 6.26. The Balaban J connectivity index is 1.71. The topological polar surface area (TPSA) is 38.7 Å². The SMILES string of the molecule is C=C[C@H](CCOCOC)[C@](C)(O)C12CC3CC(CC(C3)C1)C2. The maximum Gasteiger partial charge on any atom is 0.146 e. The molecule has 4 saturated carbocycles. The van der Waals surface area contributed by atoms with Crippen LogP contribution in [-0.4, -0.2) is 31.2 Å². The smallest absolute Gasteiger partial charge is 0.146 e. The predicted molar refractivity (Wildman–Crippen MR) is 87.4 cm³/mol. The average Bonchev–Trinajstić information content (AvgIpc) is 2.45. The molecule has 0 saturated heterocycles. The summed E-state index contributed by atoms with van der Waals surface area (Å²) >= 11 is 0. The van der Waals surface area contributed by atoms with E-state index in [4.69, 9.17) is 9.47 Å². The molecule has 0 radical (unpaired) electrons. The van der Waals surface area contributed by atoms with Crippen LogP contribution in [0.3, 0.4) is 0 Å². The van der Waals surface area contributed by atoms with E-state index in [2.05, 4.69) is 13.5 Å². The van der Waals surface area contributed by atoms with E-state index in [-0.39, 0.29) is 11.3 Å². The van der Waals surface area contributed by atoms with E-state index < -0.39 is 5.60 Å². The molecule has 22 heavy (non-hydrogen) atoms. The lowest BCUT2D eigenvalue weighted by Gasteiger charge is -2.62. The van der Waals surface area contributed by atoms with Gasteiger partial charge in [-0.05, 0) is 69.6 Å². The fourth-order valence-electron chi connectivity index (χ4n) is 6.10. The van der Waals surface area contributed by atoms with E-state index in [1.54, 1.807) is 7.11 Å². The highest BCUT2D eigenvalue weighted by atomic mass is 16.7. The number of methoxy groups -OCH3 is 1. The minimum absolute atomic E-state index is 0.0978. The lowest BCUT2D eigenvalue weighted by Crippen LogP contribution is -2.59. The molecule has 0 heterocycles. The Morgan fingerprint density at radius 1 is 1.23 bits per heavy atom. The van der Waals surface area contributed by atoms with Gasteiger partial charge in [-0.1, -0.05) is 6.08 Å². The van der Waals surface area contributed by atoms with Crippen molar-refractivity contribution >= 4 is 0 Å². The van der Waals surface area contributed by atoms with E-state index in [0.717, 1.165) is 24.2 Å². The van der Waals surface area contributed by atoms with Gasteiger partial charge in [0.15, 0.2) is 0 Å². The molecule has 3 heteroatoms. The monoisotopic (exact) mass is 308 g/mol. The van der Waals surface area contributed by atoms with Crippen molar-refractivity contribution in [3.05, 3.63) is 12.7 Å². The van der Waals surface area contributed by atoms with Gasteiger partial charge in [0.05, 0.1) is 12.2 Å². The van der Waals surface area contributed by atoms with Crippen molar-refractivity contribution in [3.8, 4) is 0 Å². The van der Waals surface area contributed by atoms with Gasteiger partial charge in [-0.2, -0.15) is 0 Å². The number of aliphatic hydroxyl groups is 1. The molecule has 0 spiro atoms. The molecule has 1 N–H and O–H groups in total. The summed E-state index contributed by atoms with van der Waals surface area (Å²) in [6.07, 6.45) is 10.7. The zero-order chi connectivity index (χ0) is 15.8. The van der Waals surface area contributed by atoms with Gasteiger partial charge >= 0.3 is 0 Å². The predicted octanol–water partition coefficient (Wildman–Crippen LogP) is 3.77. The number of ether oxygens (including phenoxy) is 2. The van der Waals surface area contributed by atoms with Crippen molar-refractivity contribution in [2.75, 3.05) is 20.5 Å². The molecule has 0 aromatic carbocycles. The summed E-state index contributed by atoms with van der Waals surface area (Å²) in [5.74, 6) is 2.66. The lowest BCUT2D eigenvalue weighted by atomic mass is 9.44. The number of rotatable bonds is 8. The Labute approximate surface area is 135 Å². The zero-order valence-corrected chi connectivity index (χ0v) is 14.2. The van der Waals surface area contributed by atoms with Crippen molar-refractivity contribution in [2.45, 2.75) is 57.5 Å². The Kier molecular flexibility index (Phi) is 4.69. The molecule has 4 aliphatic carbocycles. The third-order valence-electron chi connectivity index (χ3n) is 6.89. The van der Waals surface area contributed by atoms with E-state index in [0.29, 0.717) is 13.4 Å². The molecule has 4 bridgehead atoms. The van der Waals surface area contributed by atoms with Crippen LogP contribution in [-0.2, 0) is 9.47 Å². The van der Waals surface area contributed by atoms with Crippen LogP contribution in [0.5, 0.6) is 0 Å². The van der Waals surface area contributed by atoms with Crippen LogP contribution < -0.4 is 0 Å². The van der Waals surface area contributed by atoms with Crippen molar-refractivity contribution < 1.29 is 14.6 Å². The van der Waals surface area contributed by atoms with Crippen LogP contribution in [0, 0.1) is 29.1 Å². The molecule has 3 nitrogen and oxygen atoms in total. The summed E-state index contributed by atoms with van der Waals surface area (Å²) in [4.78, 5) is 0. The molecule has 0 unspecified atom stereocenters. The third-order valence-corrected chi connectivity index (χ3v) is 6.89. The standard InChI is InChI=1S/C19H32O3/c1-4-17(5-6-22-13-21-3)18(2,20)19-10-14-7-15(11-19)9-16(8-14)12-19/h4,14-17,20H,1,5-13H2,2-3H3/t14?,15?,16?,17-,18+,19?/m1/s1. The Morgan fingerprint density at radius 3 is 2.23 bits per heavy atom. The van der Waals surface area contributed by atoms with Gasteiger partial charge in [-0.25, -0.2) is 0 Å². The van der Waals surface area contributed by atoms with Gasteiger partial charge in [-0.3, -0.25) is 0 Å². The quantitative estimate of drug-likeness (QED) is 0.421. The van der Waals surface area contributed by atoms with Crippen LogP contribution >= 0.6 is 0 Å². The van der Waals surface area contributed by atoms with Crippen LogP contribution in [0.2, 0.25) is 0 Å². The number of hydrogen-bond acceptors (Lipinski definition) is 3. The summed E-state index contributed by atoms with van der Waals surface area (Å²) < 4.78 is 10.4. The second-order valence-corrected chi connectivity index (χ2v) is 8.29. The van der Waals surface area contributed by atoms with Gasteiger partial charge in [0, 0.05) is 18.4 Å². The van der Waals surface area contributed by atoms with Crippen LogP contribution in [0.15, 0.2) is 12.7 Å². The van der Waals surface area contributed by atoms with Gasteiger partial charge in [0.1, 0.15) is 6.79 Å². The molecular weight excluding hydrogens is 276 g/mol. The molecule has 2 atom stereocenters. The summed E-state index contributed by atoms with van der Waals surface area (Å²) in [6, 6.07) is 0. The van der Waals surface area contributed by atoms with Gasteiger partial charge in [0.25, 0.3) is 0 Å². The van der Waals surface area contributed by atoms with Crippen molar-refractivity contribution in [1.29, 1.82) is 0 Å². The molecule has 0 aromatic heterocycles. The molecule has 0 aromatic rings. The van der Waals surface area contributed by atoms with Crippen molar-refractivity contribution in [2.24, 2.45) is 29.1 Å². The fraction of sp³-hybridized carbons (Fsp3) is 0.895. The molecular formula is C19H32O3. The Morgan fingerprint density at radius 2 is 1.77 bits per heavy atom. The second-order valence-electron chi connectivity index (χ2n) is 8.29. The Bertz CT molecular complexity index is 366. The van der Waals surface area contributed by atoms with E-state index in [1.807, 2.05) is 6.08 Å². The van der Waals surface area contributed by atoms with Crippen LogP contribution in [0.25, 0.3) is 0 Å². The first kappa shape index (κ1) is 16.5. The van der Waals surface area contributed by atoms with Gasteiger partial charge < -0.3 is 14.6 Å². The Hall–Kier alpha value is -0.380. The largest absolute Gasteiger partial charge is 0.389 e. The lowest BCUT2D eigenvalue weighted by molar-refractivity contribution is -0.190. The average molecular weight is 308 g/mol. The normalized spacial score (nSPS) is 40.4. The van der Waals surface area contributed by atoms with Crippen LogP contribution in [0.4, 0.5) is 0 Å². The minimum Gasteiger partial charge on any atom is -0.389 e. The summed E-state index contributed by atoms with van der Waals surface area (Å²) in [5, 5.41) is 11.5. The highest BCUT2D eigenvalue weighted by Crippen LogP contribution is 2.65. The first-order valence-electron chi connectivity index (χ1n) is 8.92. The molecule has 0 aliphatic heterocycles. The summed E-state index contributed by atoms with van der Waals surface area (Å²) in [5.41, 5.74) is -0.553. The van der Waals surface area contributed by atoms with E-state index >= 15 is 0 Å². The molecule has 126 valence electrons. The van der Waals surface area contributed by atoms with E-state index in [9.17, 15) is 5.11 Å². The maximum absolute atomic E-state index is 11.5. The van der Waals surface area contributed by atoms with E-state index in [1.165, 1.54) is 38.5 Å². The van der Waals surface area contributed by atoms with Gasteiger partial charge in [-0.15, -0.1) is 6.58 Å². The first-order chi connectivity index (χ1) is 10.5. The third kappa shape index (κ3) is 2.76. The van der Waals surface area contributed by atoms with Crippen molar-refractivity contribution in [3.63, 3.8) is 0 Å². The number of hydrogen-bond donors (Lipinski definition) is 1. The first-order valence-corrected chi connectivity index (χ1v) is 8.92. The van der Waals surface area contributed by atoms with Gasteiger partial charge in [0.2, 0.25) is 0 Å². The maximum atomic E-state index is 11.5. The zero-order valence-electron chi connectivity index (χ0n) is 14.2. The highest BCUT2D eigenvalue weighted by Gasteiger charge is 2.59. The minimum atomic E-state index is -0.665. The molecule has 4 aliphatic rings. The van der Waals surface area contributed by atoms with Crippen molar-refractivity contribution in [1.82, 2.24) is 0 Å². The summed E-state index contributed by atoms with van der Waals surface area (Å²) in [6.45, 7) is 7.02. The molecule has 4 rings (SSSR count). The van der Waals surface area contributed by atoms with Crippen LogP contribution in [0.1, 0.15) is 51.9 Å². The summed E-state index contributed by atoms with van der Waals surface area (Å²) in [7, 11) is 1.64.